The molecule has 0 saturated carbocycles. The van der Waals surface area contributed by atoms with E-state index in [2.05, 4.69) is 0 Å². The van der Waals surface area contributed by atoms with Gasteiger partial charge in [0, 0.05) is 5.56 Å². The first kappa shape index (κ1) is 8.19. The Labute approximate surface area is 73.8 Å². The number of hydrogen-bond acceptors (Lipinski definition) is 3. The molecular weight excluding hydrogens is 175 g/mol. The third kappa shape index (κ3) is 1.19. The molecule has 0 unspecified atom stereocenters. The van der Waals surface area contributed by atoms with Crippen LogP contribution in [0, 0.1) is 5.82 Å². The van der Waals surface area contributed by atoms with Gasteiger partial charge in [-0.25, -0.2) is 9.18 Å². The second kappa shape index (κ2) is 2.81. The van der Waals surface area contributed by atoms with Crippen LogP contribution in [0.25, 0.3) is 0 Å². The number of aliphatic hydroxyl groups is 1. The van der Waals surface area contributed by atoms with Gasteiger partial charge in [-0.05, 0) is 18.2 Å². The van der Waals surface area contributed by atoms with Crippen molar-refractivity contribution in [3.63, 3.8) is 0 Å². The van der Waals surface area contributed by atoms with Gasteiger partial charge in [-0.2, -0.15) is 0 Å². The first-order chi connectivity index (χ1) is 6.22. The normalized spacial score (nSPS) is 19.8. The van der Waals surface area contributed by atoms with Crippen molar-refractivity contribution in [1.82, 2.24) is 0 Å². The van der Waals surface area contributed by atoms with E-state index in [1.54, 1.807) is 0 Å². The number of benzene rings is 1. The first-order valence-electron chi connectivity index (χ1n) is 3.83. The van der Waals surface area contributed by atoms with Crippen LogP contribution in [0.5, 0.6) is 0 Å². The lowest BCUT2D eigenvalue weighted by atomic mass is 10.1. The fraction of sp³-hybridized carbons (Fsp3) is 0.222. The Balaban J connectivity index is 2.52. The summed E-state index contributed by atoms with van der Waals surface area (Å²) in [6, 6.07) is 3.77. The number of fused-ring (bicyclic) bond motifs is 1. The summed E-state index contributed by atoms with van der Waals surface area (Å²) in [6.07, 6.45) is -0.710. The molecule has 4 heteroatoms. The lowest BCUT2D eigenvalue weighted by molar-refractivity contribution is 0.0235. The van der Waals surface area contributed by atoms with Gasteiger partial charge in [0.1, 0.15) is 5.82 Å². The average Bonchev–Trinajstić information content (AvgIpc) is 2.42. The minimum Gasteiger partial charge on any atom is -0.451 e. The van der Waals surface area contributed by atoms with Crippen LogP contribution in [-0.4, -0.2) is 17.7 Å². The highest BCUT2D eigenvalue weighted by Gasteiger charge is 2.30. The number of halogens is 1. The van der Waals surface area contributed by atoms with Crippen molar-refractivity contribution in [3.05, 3.63) is 35.1 Å². The fourth-order valence-corrected chi connectivity index (χ4v) is 1.38. The number of carbonyl (C=O) groups is 1. The molecule has 0 spiro atoms. The number of hydrogen-bond donors (Lipinski definition) is 1. The van der Waals surface area contributed by atoms with Crippen molar-refractivity contribution in [1.29, 1.82) is 0 Å². The van der Waals surface area contributed by atoms with Gasteiger partial charge >= 0.3 is 5.97 Å². The number of aliphatic hydroxyl groups excluding tert-OH is 1. The monoisotopic (exact) mass is 182 g/mol. The van der Waals surface area contributed by atoms with Crippen LogP contribution in [0.15, 0.2) is 18.2 Å². The molecule has 1 N–H and O–H groups in total. The van der Waals surface area contributed by atoms with E-state index in [0.717, 1.165) is 0 Å². The maximum atomic E-state index is 12.8. The maximum Gasteiger partial charge on any atom is 0.339 e. The summed E-state index contributed by atoms with van der Waals surface area (Å²) in [5, 5.41) is 8.82. The van der Waals surface area contributed by atoms with Gasteiger partial charge in [-0.15, -0.1) is 0 Å². The molecule has 2 rings (SSSR count). The Morgan fingerprint density at radius 2 is 2.31 bits per heavy atom. The Morgan fingerprint density at radius 3 is 3.00 bits per heavy atom. The van der Waals surface area contributed by atoms with E-state index in [0.29, 0.717) is 11.1 Å². The standard InChI is InChI=1S/C9H7FO3/c10-5-1-2-6-7(3-5)8(4-11)13-9(6)12/h1-3,8,11H,4H2/t8-/m0/s1. The van der Waals surface area contributed by atoms with Crippen molar-refractivity contribution in [2.75, 3.05) is 6.61 Å². The predicted molar refractivity (Wildman–Crippen MR) is 41.6 cm³/mol. The number of cyclic esters (lactones) is 1. The molecule has 1 aromatic carbocycles. The van der Waals surface area contributed by atoms with Gasteiger partial charge in [0.05, 0.1) is 12.2 Å². The summed E-state index contributed by atoms with van der Waals surface area (Å²) < 4.78 is 17.5. The van der Waals surface area contributed by atoms with E-state index in [4.69, 9.17) is 9.84 Å². The highest BCUT2D eigenvalue weighted by Crippen LogP contribution is 2.30. The van der Waals surface area contributed by atoms with Crippen molar-refractivity contribution in [2.24, 2.45) is 0 Å². The highest BCUT2D eigenvalue weighted by molar-refractivity contribution is 5.94. The van der Waals surface area contributed by atoms with E-state index in [1.165, 1.54) is 18.2 Å². The van der Waals surface area contributed by atoms with E-state index < -0.39 is 17.9 Å². The molecule has 0 radical (unpaired) electrons. The molecule has 0 aromatic heterocycles. The largest absolute Gasteiger partial charge is 0.451 e. The van der Waals surface area contributed by atoms with E-state index >= 15 is 0 Å². The Kier molecular flexibility index (Phi) is 1.77. The number of esters is 1. The predicted octanol–water partition coefficient (Wildman–Crippen LogP) is 1.03. The van der Waals surface area contributed by atoms with E-state index in [9.17, 15) is 9.18 Å². The molecule has 0 bridgehead atoms. The third-order valence-corrected chi connectivity index (χ3v) is 2.00. The van der Waals surface area contributed by atoms with Crippen LogP contribution >= 0.6 is 0 Å². The van der Waals surface area contributed by atoms with Gasteiger partial charge in [0.15, 0.2) is 6.10 Å². The summed E-state index contributed by atoms with van der Waals surface area (Å²) in [5.41, 5.74) is 0.757. The summed E-state index contributed by atoms with van der Waals surface area (Å²) in [5.74, 6) is -0.940. The molecule has 1 aliphatic heterocycles. The molecule has 0 fully saturated rings. The number of carbonyl (C=O) groups excluding carboxylic acids is 1. The van der Waals surface area contributed by atoms with Crippen LogP contribution < -0.4 is 0 Å². The van der Waals surface area contributed by atoms with Crippen molar-refractivity contribution < 1.29 is 19.0 Å². The summed E-state index contributed by atoms with van der Waals surface area (Å²) in [4.78, 5) is 11.1. The Morgan fingerprint density at radius 1 is 1.54 bits per heavy atom. The van der Waals surface area contributed by atoms with Crippen LogP contribution in [0.1, 0.15) is 22.0 Å². The smallest absolute Gasteiger partial charge is 0.339 e. The van der Waals surface area contributed by atoms with Crippen LogP contribution in [-0.2, 0) is 4.74 Å². The molecule has 0 aliphatic carbocycles. The van der Waals surface area contributed by atoms with Gasteiger partial charge in [0.2, 0.25) is 0 Å². The second-order valence-corrected chi connectivity index (χ2v) is 2.81. The summed E-state index contributed by atoms with van der Waals surface area (Å²) in [7, 11) is 0. The van der Waals surface area contributed by atoms with Gasteiger partial charge < -0.3 is 9.84 Å². The minimum atomic E-state index is -0.710. The summed E-state index contributed by atoms with van der Waals surface area (Å²) >= 11 is 0. The van der Waals surface area contributed by atoms with Gasteiger partial charge in [-0.1, -0.05) is 0 Å². The molecular formula is C9H7FO3. The topological polar surface area (TPSA) is 46.5 Å². The minimum absolute atomic E-state index is 0.317. The second-order valence-electron chi connectivity index (χ2n) is 2.81. The Bertz CT molecular complexity index is 362. The highest BCUT2D eigenvalue weighted by atomic mass is 19.1. The zero-order valence-electron chi connectivity index (χ0n) is 6.66. The molecule has 68 valence electrons. The Hall–Kier alpha value is -1.42. The lowest BCUT2D eigenvalue weighted by Gasteiger charge is -2.04. The SMILES string of the molecule is O=C1O[C@@H](CO)c2cc(F)ccc21. The van der Waals surface area contributed by atoms with E-state index in [1.807, 2.05) is 0 Å². The lowest BCUT2D eigenvalue weighted by Crippen LogP contribution is -2.02. The van der Waals surface area contributed by atoms with Crippen molar-refractivity contribution in [2.45, 2.75) is 6.10 Å². The average molecular weight is 182 g/mol. The molecule has 0 saturated heterocycles. The van der Waals surface area contributed by atoms with Crippen molar-refractivity contribution >= 4 is 5.97 Å². The molecule has 1 aliphatic rings. The molecule has 13 heavy (non-hydrogen) atoms. The first-order valence-corrected chi connectivity index (χ1v) is 3.83. The van der Waals surface area contributed by atoms with Crippen LogP contribution in [0.3, 0.4) is 0 Å². The molecule has 0 amide bonds. The van der Waals surface area contributed by atoms with Crippen LogP contribution in [0.2, 0.25) is 0 Å². The van der Waals surface area contributed by atoms with Gasteiger partial charge in [0.25, 0.3) is 0 Å². The molecule has 1 atom stereocenters. The quantitative estimate of drug-likeness (QED) is 0.660. The molecule has 1 heterocycles. The molecule has 1 aromatic rings. The van der Waals surface area contributed by atoms with Crippen LogP contribution in [0.4, 0.5) is 4.39 Å². The van der Waals surface area contributed by atoms with E-state index in [-0.39, 0.29) is 6.61 Å². The maximum absolute atomic E-state index is 12.8. The van der Waals surface area contributed by atoms with Gasteiger partial charge in [-0.3, -0.25) is 0 Å². The van der Waals surface area contributed by atoms with Crippen molar-refractivity contribution in [3.8, 4) is 0 Å². The summed E-state index contributed by atoms with van der Waals surface area (Å²) in [6.45, 7) is -0.317. The number of ether oxygens (including phenoxy) is 1. The molecule has 3 nitrogen and oxygen atoms in total. The number of rotatable bonds is 1. The zero-order valence-corrected chi connectivity index (χ0v) is 6.66. The zero-order chi connectivity index (χ0) is 9.42. The fourth-order valence-electron chi connectivity index (χ4n) is 1.38. The third-order valence-electron chi connectivity index (χ3n) is 2.00.